The maximum absolute atomic E-state index is 12.1. The molecule has 0 aliphatic heterocycles. The summed E-state index contributed by atoms with van der Waals surface area (Å²) >= 11 is 0. The number of pyridine rings is 1. The average Bonchev–Trinajstić information content (AvgIpc) is 3.16. The van der Waals surface area contributed by atoms with Crippen molar-refractivity contribution in [2.45, 2.75) is 44.9 Å². The van der Waals surface area contributed by atoms with E-state index in [1.807, 2.05) is 0 Å². The molecule has 1 aromatic heterocycles. The molecule has 0 unspecified atom stereocenters. The van der Waals surface area contributed by atoms with Crippen LogP contribution in [0.3, 0.4) is 0 Å². The summed E-state index contributed by atoms with van der Waals surface area (Å²) in [7, 11) is 0. The standard InChI is InChI=1S/C14H17F2N3O2/c15-12(16)21-11-5-9(1-4-17-11)8-18-13(20)19-10-6-14(7-10)2-3-14/h1,4-5,10,12H,2-3,6-8H2,(H2,18,19,20). The lowest BCUT2D eigenvalue weighted by Crippen LogP contribution is -2.48. The highest BCUT2D eigenvalue weighted by Crippen LogP contribution is 2.60. The van der Waals surface area contributed by atoms with Gasteiger partial charge in [0.15, 0.2) is 0 Å². The molecule has 0 radical (unpaired) electrons. The van der Waals surface area contributed by atoms with Crippen LogP contribution in [0.25, 0.3) is 0 Å². The van der Waals surface area contributed by atoms with Gasteiger partial charge in [0.05, 0.1) is 0 Å². The third-order valence-corrected chi connectivity index (χ3v) is 4.11. The molecular weight excluding hydrogens is 280 g/mol. The number of aromatic nitrogens is 1. The Morgan fingerprint density at radius 1 is 1.48 bits per heavy atom. The van der Waals surface area contributed by atoms with E-state index in [1.54, 1.807) is 6.07 Å². The Morgan fingerprint density at radius 3 is 2.90 bits per heavy atom. The molecule has 0 saturated heterocycles. The smallest absolute Gasteiger partial charge is 0.388 e. The van der Waals surface area contributed by atoms with Crippen molar-refractivity contribution in [2.24, 2.45) is 5.41 Å². The first-order chi connectivity index (χ1) is 10.0. The van der Waals surface area contributed by atoms with Gasteiger partial charge in [0, 0.05) is 24.8 Å². The lowest BCUT2D eigenvalue weighted by Gasteiger charge is -2.36. The molecule has 2 fully saturated rings. The number of halogens is 2. The topological polar surface area (TPSA) is 63.2 Å². The van der Waals surface area contributed by atoms with Gasteiger partial charge in [-0.1, -0.05) is 0 Å². The van der Waals surface area contributed by atoms with Crippen LogP contribution in [0, 0.1) is 5.41 Å². The van der Waals surface area contributed by atoms with Crippen molar-refractivity contribution in [3.63, 3.8) is 0 Å². The number of amides is 2. The highest BCUT2D eigenvalue weighted by atomic mass is 19.3. The highest BCUT2D eigenvalue weighted by molar-refractivity contribution is 5.74. The molecule has 1 spiro atoms. The fourth-order valence-electron chi connectivity index (χ4n) is 2.81. The molecule has 2 aliphatic rings. The van der Waals surface area contributed by atoms with E-state index in [1.165, 1.54) is 25.1 Å². The van der Waals surface area contributed by atoms with Gasteiger partial charge >= 0.3 is 12.6 Å². The first-order valence-corrected chi connectivity index (χ1v) is 6.99. The normalized spacial score (nSPS) is 19.2. The number of carbonyl (C=O) groups is 1. The molecule has 114 valence electrons. The van der Waals surface area contributed by atoms with Crippen LogP contribution in [0.5, 0.6) is 5.88 Å². The van der Waals surface area contributed by atoms with Crippen molar-refractivity contribution in [2.75, 3.05) is 0 Å². The van der Waals surface area contributed by atoms with E-state index in [0.717, 1.165) is 12.8 Å². The van der Waals surface area contributed by atoms with Crippen molar-refractivity contribution in [1.82, 2.24) is 15.6 Å². The van der Waals surface area contributed by atoms with Crippen molar-refractivity contribution >= 4 is 6.03 Å². The lowest BCUT2D eigenvalue weighted by atomic mass is 9.77. The van der Waals surface area contributed by atoms with Crippen LogP contribution in [-0.4, -0.2) is 23.7 Å². The van der Waals surface area contributed by atoms with Crippen molar-refractivity contribution in [1.29, 1.82) is 0 Å². The zero-order valence-corrected chi connectivity index (χ0v) is 11.4. The number of hydrogen-bond acceptors (Lipinski definition) is 3. The molecule has 2 saturated carbocycles. The fourth-order valence-corrected chi connectivity index (χ4v) is 2.81. The van der Waals surface area contributed by atoms with Gasteiger partial charge in [-0.3, -0.25) is 0 Å². The molecule has 2 amide bonds. The predicted octanol–water partition coefficient (Wildman–Crippen LogP) is 2.42. The number of alkyl halides is 2. The van der Waals surface area contributed by atoms with Gasteiger partial charge in [-0.05, 0) is 42.7 Å². The van der Waals surface area contributed by atoms with Crippen LogP contribution in [0.15, 0.2) is 18.3 Å². The first kappa shape index (κ1) is 14.0. The Bertz CT molecular complexity index is 527. The third kappa shape index (κ3) is 3.59. The zero-order valence-electron chi connectivity index (χ0n) is 11.4. The van der Waals surface area contributed by atoms with Crippen LogP contribution < -0.4 is 15.4 Å². The van der Waals surface area contributed by atoms with Crippen LogP contribution in [0.4, 0.5) is 13.6 Å². The zero-order chi connectivity index (χ0) is 14.9. The van der Waals surface area contributed by atoms with Crippen LogP contribution >= 0.6 is 0 Å². The second-order valence-electron chi connectivity index (χ2n) is 5.81. The van der Waals surface area contributed by atoms with Crippen molar-refractivity contribution in [3.8, 4) is 5.88 Å². The van der Waals surface area contributed by atoms with Crippen molar-refractivity contribution < 1.29 is 18.3 Å². The molecule has 2 N–H and O–H groups in total. The van der Waals surface area contributed by atoms with Gasteiger partial charge in [-0.15, -0.1) is 0 Å². The lowest BCUT2D eigenvalue weighted by molar-refractivity contribution is -0.0529. The van der Waals surface area contributed by atoms with E-state index >= 15 is 0 Å². The third-order valence-electron chi connectivity index (χ3n) is 4.11. The van der Waals surface area contributed by atoms with Gasteiger partial charge in [-0.25, -0.2) is 9.78 Å². The van der Waals surface area contributed by atoms with E-state index in [2.05, 4.69) is 20.4 Å². The molecule has 21 heavy (non-hydrogen) atoms. The summed E-state index contributed by atoms with van der Waals surface area (Å²) in [6.45, 7) is -2.66. The number of nitrogens with one attached hydrogen (secondary N) is 2. The van der Waals surface area contributed by atoms with Crippen LogP contribution in [-0.2, 0) is 6.54 Å². The first-order valence-electron chi connectivity index (χ1n) is 6.99. The summed E-state index contributed by atoms with van der Waals surface area (Å²) in [5, 5.41) is 5.62. The quantitative estimate of drug-likeness (QED) is 0.877. The Balaban J connectivity index is 1.42. The minimum atomic E-state index is -2.91. The molecule has 2 aliphatic carbocycles. The number of ether oxygens (including phenoxy) is 1. The van der Waals surface area contributed by atoms with Crippen molar-refractivity contribution in [3.05, 3.63) is 23.9 Å². The molecular formula is C14H17F2N3O2. The van der Waals surface area contributed by atoms with Crippen LogP contribution in [0.1, 0.15) is 31.2 Å². The maximum Gasteiger partial charge on any atom is 0.388 e. The number of urea groups is 1. The monoisotopic (exact) mass is 297 g/mol. The summed E-state index contributed by atoms with van der Waals surface area (Å²) in [5.74, 6) is -0.153. The van der Waals surface area contributed by atoms with E-state index in [0.29, 0.717) is 11.0 Å². The van der Waals surface area contributed by atoms with E-state index in [4.69, 9.17) is 0 Å². The molecule has 3 rings (SSSR count). The molecule has 0 aromatic carbocycles. The predicted molar refractivity (Wildman–Crippen MR) is 70.9 cm³/mol. The van der Waals surface area contributed by atoms with Gasteiger partial charge in [0.1, 0.15) is 0 Å². The summed E-state index contributed by atoms with van der Waals surface area (Å²) in [6, 6.07) is 3.06. The van der Waals surface area contributed by atoms with Gasteiger partial charge in [-0.2, -0.15) is 8.78 Å². The molecule has 5 nitrogen and oxygen atoms in total. The SMILES string of the molecule is O=C(NCc1ccnc(OC(F)F)c1)NC1CC2(CC2)C1. The van der Waals surface area contributed by atoms with Gasteiger partial charge < -0.3 is 15.4 Å². The van der Waals surface area contributed by atoms with E-state index < -0.39 is 6.61 Å². The Labute approximate surface area is 121 Å². The summed E-state index contributed by atoms with van der Waals surface area (Å²) in [6.07, 6.45) is 6.09. The number of hydrogen-bond donors (Lipinski definition) is 2. The van der Waals surface area contributed by atoms with E-state index in [-0.39, 0.29) is 24.5 Å². The molecule has 1 aromatic rings. The minimum absolute atomic E-state index is 0.153. The number of rotatable bonds is 5. The minimum Gasteiger partial charge on any atom is -0.417 e. The number of carbonyl (C=O) groups excluding carboxylic acids is 1. The second-order valence-corrected chi connectivity index (χ2v) is 5.81. The Hall–Kier alpha value is -1.92. The maximum atomic E-state index is 12.1. The van der Waals surface area contributed by atoms with E-state index in [9.17, 15) is 13.6 Å². The summed E-state index contributed by atoms with van der Waals surface area (Å²) < 4.78 is 28.4. The van der Waals surface area contributed by atoms with Gasteiger partial charge in [0.2, 0.25) is 5.88 Å². The summed E-state index contributed by atoms with van der Waals surface area (Å²) in [4.78, 5) is 15.4. The summed E-state index contributed by atoms with van der Waals surface area (Å²) in [5.41, 5.74) is 1.20. The number of nitrogens with zero attached hydrogens (tertiary/aromatic N) is 1. The molecule has 0 atom stereocenters. The largest absolute Gasteiger partial charge is 0.417 e. The molecule has 1 heterocycles. The second kappa shape index (κ2) is 5.46. The fraction of sp³-hybridized carbons (Fsp3) is 0.571. The average molecular weight is 297 g/mol. The molecule has 7 heteroatoms. The van der Waals surface area contributed by atoms with Gasteiger partial charge in [0.25, 0.3) is 0 Å². The molecule has 0 bridgehead atoms. The highest BCUT2D eigenvalue weighted by Gasteiger charge is 2.53. The van der Waals surface area contributed by atoms with Crippen LogP contribution in [0.2, 0.25) is 0 Å². The Morgan fingerprint density at radius 2 is 2.24 bits per heavy atom. The Kier molecular flexibility index (Phi) is 3.65.